The highest BCUT2D eigenvalue weighted by Gasteiger charge is 2.20. The quantitative estimate of drug-likeness (QED) is 0.863. The van der Waals surface area contributed by atoms with Crippen molar-refractivity contribution in [2.24, 2.45) is 5.92 Å². The Morgan fingerprint density at radius 2 is 2.17 bits per heavy atom. The molecule has 2 rings (SSSR count). The Balaban J connectivity index is 1.76. The third kappa shape index (κ3) is 3.42. The molecule has 98 valence electrons. The highest BCUT2D eigenvalue weighted by atomic mass is 16.2. The van der Waals surface area contributed by atoms with E-state index in [2.05, 4.69) is 10.4 Å². The lowest BCUT2D eigenvalue weighted by molar-refractivity contribution is -0.125. The van der Waals surface area contributed by atoms with E-state index in [9.17, 15) is 9.59 Å². The van der Waals surface area contributed by atoms with Gasteiger partial charge in [-0.3, -0.25) is 9.59 Å². The van der Waals surface area contributed by atoms with Gasteiger partial charge in [0.05, 0.1) is 6.54 Å². The van der Waals surface area contributed by atoms with Crippen molar-refractivity contribution >= 4 is 5.91 Å². The first-order valence-electron chi connectivity index (χ1n) is 6.57. The molecule has 1 aromatic heterocycles. The molecule has 1 heterocycles. The van der Waals surface area contributed by atoms with Crippen LogP contribution in [0.4, 0.5) is 0 Å². The molecular weight excluding hydrogens is 230 g/mol. The zero-order chi connectivity index (χ0) is 12.8. The lowest BCUT2D eigenvalue weighted by atomic mass is 9.89. The van der Waals surface area contributed by atoms with Gasteiger partial charge in [-0.2, -0.15) is 5.10 Å². The summed E-state index contributed by atoms with van der Waals surface area (Å²) in [6.07, 6.45) is 7.11. The zero-order valence-corrected chi connectivity index (χ0v) is 10.5. The SMILES string of the molecule is O=C(NCCn1ncccc1=O)C1CCCCC1. The molecule has 0 radical (unpaired) electrons. The maximum atomic E-state index is 11.9. The fourth-order valence-corrected chi connectivity index (χ4v) is 2.35. The van der Waals surface area contributed by atoms with E-state index in [0.717, 1.165) is 25.7 Å². The minimum atomic E-state index is -0.135. The molecule has 5 heteroatoms. The average molecular weight is 249 g/mol. The molecule has 18 heavy (non-hydrogen) atoms. The van der Waals surface area contributed by atoms with Gasteiger partial charge in [-0.15, -0.1) is 0 Å². The van der Waals surface area contributed by atoms with Crippen LogP contribution in [0.15, 0.2) is 23.1 Å². The van der Waals surface area contributed by atoms with Gasteiger partial charge in [-0.1, -0.05) is 19.3 Å². The molecule has 1 N–H and O–H groups in total. The van der Waals surface area contributed by atoms with E-state index in [4.69, 9.17) is 0 Å². The highest BCUT2D eigenvalue weighted by Crippen LogP contribution is 2.23. The lowest BCUT2D eigenvalue weighted by Gasteiger charge is -2.20. The number of hydrogen-bond donors (Lipinski definition) is 1. The Morgan fingerprint density at radius 3 is 2.89 bits per heavy atom. The Labute approximate surface area is 106 Å². The van der Waals surface area contributed by atoms with Crippen LogP contribution < -0.4 is 10.9 Å². The molecule has 1 amide bonds. The maximum absolute atomic E-state index is 11.9. The van der Waals surface area contributed by atoms with Gasteiger partial charge in [0.1, 0.15) is 0 Å². The van der Waals surface area contributed by atoms with Crippen LogP contribution in [0, 0.1) is 5.92 Å². The van der Waals surface area contributed by atoms with E-state index in [-0.39, 0.29) is 17.4 Å². The fourth-order valence-electron chi connectivity index (χ4n) is 2.35. The van der Waals surface area contributed by atoms with E-state index in [1.54, 1.807) is 12.3 Å². The number of carbonyl (C=O) groups is 1. The van der Waals surface area contributed by atoms with Crippen LogP contribution >= 0.6 is 0 Å². The molecule has 0 aromatic carbocycles. The van der Waals surface area contributed by atoms with Gasteiger partial charge in [0.15, 0.2) is 0 Å². The Hall–Kier alpha value is -1.65. The Bertz CT molecular complexity index is 450. The van der Waals surface area contributed by atoms with Crippen molar-refractivity contribution < 1.29 is 4.79 Å². The zero-order valence-electron chi connectivity index (χ0n) is 10.5. The first-order chi connectivity index (χ1) is 8.77. The molecule has 0 aliphatic heterocycles. The van der Waals surface area contributed by atoms with Crippen LogP contribution in [0.5, 0.6) is 0 Å². The minimum absolute atomic E-state index is 0.124. The summed E-state index contributed by atoms with van der Waals surface area (Å²) in [7, 11) is 0. The molecule has 1 aromatic rings. The number of hydrogen-bond acceptors (Lipinski definition) is 3. The molecule has 1 aliphatic carbocycles. The normalized spacial score (nSPS) is 16.4. The molecule has 0 unspecified atom stereocenters. The van der Waals surface area contributed by atoms with E-state index in [1.807, 2.05) is 0 Å². The van der Waals surface area contributed by atoms with Crippen molar-refractivity contribution in [3.63, 3.8) is 0 Å². The molecule has 0 saturated heterocycles. The topological polar surface area (TPSA) is 64.0 Å². The van der Waals surface area contributed by atoms with Gasteiger partial charge in [0.25, 0.3) is 5.56 Å². The predicted octanol–water partition coefficient (Wildman–Crippen LogP) is 0.940. The summed E-state index contributed by atoms with van der Waals surface area (Å²) in [6, 6.07) is 3.08. The Morgan fingerprint density at radius 1 is 1.39 bits per heavy atom. The van der Waals surface area contributed by atoms with Crippen LogP contribution in [0.1, 0.15) is 32.1 Å². The van der Waals surface area contributed by atoms with Crippen LogP contribution in [-0.4, -0.2) is 22.2 Å². The van der Waals surface area contributed by atoms with Gasteiger partial charge in [0, 0.05) is 24.7 Å². The van der Waals surface area contributed by atoms with E-state index in [1.165, 1.54) is 17.2 Å². The second-order valence-corrected chi connectivity index (χ2v) is 4.71. The van der Waals surface area contributed by atoms with Crippen molar-refractivity contribution in [2.45, 2.75) is 38.6 Å². The maximum Gasteiger partial charge on any atom is 0.266 e. The molecule has 1 fully saturated rings. The second kappa shape index (κ2) is 6.33. The monoisotopic (exact) mass is 249 g/mol. The molecular formula is C13H19N3O2. The van der Waals surface area contributed by atoms with E-state index < -0.39 is 0 Å². The van der Waals surface area contributed by atoms with Crippen LogP contribution in [-0.2, 0) is 11.3 Å². The summed E-state index contributed by atoms with van der Waals surface area (Å²) in [6.45, 7) is 0.893. The fraction of sp³-hybridized carbons (Fsp3) is 0.615. The smallest absolute Gasteiger partial charge is 0.266 e. The van der Waals surface area contributed by atoms with Crippen LogP contribution in [0.25, 0.3) is 0 Å². The lowest BCUT2D eigenvalue weighted by Crippen LogP contribution is -2.36. The van der Waals surface area contributed by atoms with Gasteiger partial charge in [-0.25, -0.2) is 4.68 Å². The number of amides is 1. The number of nitrogens with zero attached hydrogens (tertiary/aromatic N) is 2. The van der Waals surface area contributed by atoms with Crippen molar-refractivity contribution in [3.8, 4) is 0 Å². The van der Waals surface area contributed by atoms with Gasteiger partial charge >= 0.3 is 0 Å². The first kappa shape index (κ1) is 12.8. The summed E-state index contributed by atoms with van der Waals surface area (Å²) < 4.78 is 1.36. The number of rotatable bonds is 4. The third-order valence-corrected chi connectivity index (χ3v) is 3.38. The summed E-state index contributed by atoms with van der Waals surface area (Å²) in [4.78, 5) is 23.2. The van der Waals surface area contributed by atoms with Crippen molar-refractivity contribution in [1.82, 2.24) is 15.1 Å². The second-order valence-electron chi connectivity index (χ2n) is 4.71. The third-order valence-electron chi connectivity index (χ3n) is 3.38. The standard InChI is InChI=1S/C13H19N3O2/c17-12-7-4-8-15-16(12)10-9-14-13(18)11-5-2-1-3-6-11/h4,7-8,11H,1-3,5-6,9-10H2,(H,14,18). The van der Waals surface area contributed by atoms with Crippen molar-refractivity contribution in [1.29, 1.82) is 0 Å². The summed E-state index contributed by atoms with van der Waals surface area (Å²) in [5, 5.41) is 6.83. The summed E-state index contributed by atoms with van der Waals surface area (Å²) in [5.41, 5.74) is -0.135. The molecule has 1 aliphatic rings. The summed E-state index contributed by atoms with van der Waals surface area (Å²) in [5.74, 6) is 0.290. The summed E-state index contributed by atoms with van der Waals surface area (Å²) >= 11 is 0. The molecule has 5 nitrogen and oxygen atoms in total. The minimum Gasteiger partial charge on any atom is -0.354 e. The number of nitrogens with one attached hydrogen (secondary N) is 1. The predicted molar refractivity (Wildman–Crippen MR) is 68.1 cm³/mol. The highest BCUT2D eigenvalue weighted by molar-refractivity contribution is 5.78. The van der Waals surface area contributed by atoms with Crippen LogP contribution in [0.2, 0.25) is 0 Å². The van der Waals surface area contributed by atoms with Gasteiger partial charge in [0.2, 0.25) is 5.91 Å². The molecule has 1 saturated carbocycles. The van der Waals surface area contributed by atoms with E-state index in [0.29, 0.717) is 13.1 Å². The van der Waals surface area contributed by atoms with Crippen LogP contribution in [0.3, 0.4) is 0 Å². The molecule has 0 spiro atoms. The van der Waals surface area contributed by atoms with Crippen molar-refractivity contribution in [3.05, 3.63) is 28.7 Å². The van der Waals surface area contributed by atoms with Crippen molar-refractivity contribution in [2.75, 3.05) is 6.54 Å². The average Bonchev–Trinajstić information content (AvgIpc) is 2.42. The number of carbonyl (C=O) groups excluding carboxylic acids is 1. The molecule has 0 atom stereocenters. The van der Waals surface area contributed by atoms with E-state index >= 15 is 0 Å². The molecule has 0 bridgehead atoms. The first-order valence-corrected chi connectivity index (χ1v) is 6.57. The van der Waals surface area contributed by atoms with Gasteiger partial charge in [-0.05, 0) is 18.9 Å². The number of aromatic nitrogens is 2. The van der Waals surface area contributed by atoms with Gasteiger partial charge < -0.3 is 5.32 Å². The Kier molecular flexibility index (Phi) is 4.50. The largest absolute Gasteiger partial charge is 0.354 e.